The third kappa shape index (κ3) is 1.33. The predicted molar refractivity (Wildman–Crippen MR) is 54.0 cm³/mol. The lowest BCUT2D eigenvalue weighted by atomic mass is 10.2. The molecule has 3 rings (SSSR count). The summed E-state index contributed by atoms with van der Waals surface area (Å²) < 4.78 is 5.53. The van der Waals surface area contributed by atoms with Crippen LogP contribution < -0.4 is 5.73 Å². The average Bonchev–Trinajstić information content (AvgIpc) is 2.86. The maximum Gasteiger partial charge on any atom is 0.183 e. The zero-order valence-electron chi connectivity index (χ0n) is 8.10. The molecular formula is C9H11N5O. The third-order valence-electron chi connectivity index (χ3n) is 2.57. The second kappa shape index (κ2) is 3.16. The van der Waals surface area contributed by atoms with Crippen LogP contribution in [0.4, 0.5) is 5.82 Å². The van der Waals surface area contributed by atoms with E-state index in [9.17, 15) is 0 Å². The topological polar surface area (TPSA) is 89.7 Å². The Bertz CT molecular complexity index is 488. The van der Waals surface area contributed by atoms with Gasteiger partial charge in [0.15, 0.2) is 11.5 Å². The molecule has 0 aliphatic carbocycles. The van der Waals surface area contributed by atoms with Crippen molar-refractivity contribution in [3.8, 4) is 0 Å². The SMILES string of the molecule is Nc1ncnc2nc(C3CCCO3)[nH]c12. The van der Waals surface area contributed by atoms with E-state index >= 15 is 0 Å². The van der Waals surface area contributed by atoms with Crippen molar-refractivity contribution in [3.05, 3.63) is 12.2 Å². The van der Waals surface area contributed by atoms with Crippen LogP contribution in [-0.2, 0) is 4.74 Å². The van der Waals surface area contributed by atoms with E-state index in [1.165, 1.54) is 6.33 Å². The van der Waals surface area contributed by atoms with E-state index in [2.05, 4.69) is 19.9 Å². The summed E-state index contributed by atoms with van der Waals surface area (Å²) in [5, 5.41) is 0. The smallest absolute Gasteiger partial charge is 0.183 e. The Labute approximate surface area is 85.9 Å². The van der Waals surface area contributed by atoms with Gasteiger partial charge < -0.3 is 15.5 Å². The zero-order chi connectivity index (χ0) is 10.3. The first-order chi connectivity index (χ1) is 7.34. The number of nitrogens with zero attached hydrogens (tertiary/aromatic N) is 3. The Morgan fingerprint density at radius 2 is 2.40 bits per heavy atom. The van der Waals surface area contributed by atoms with Gasteiger partial charge in [-0.05, 0) is 12.8 Å². The minimum atomic E-state index is 0.0543. The number of ether oxygens (including phenoxy) is 1. The molecule has 0 amide bonds. The lowest BCUT2D eigenvalue weighted by molar-refractivity contribution is 0.106. The van der Waals surface area contributed by atoms with Crippen molar-refractivity contribution in [2.75, 3.05) is 12.3 Å². The number of imidazole rings is 1. The van der Waals surface area contributed by atoms with Gasteiger partial charge in [-0.1, -0.05) is 0 Å². The number of anilines is 1. The first-order valence-corrected chi connectivity index (χ1v) is 4.92. The Balaban J connectivity index is 2.09. The molecular weight excluding hydrogens is 194 g/mol. The van der Waals surface area contributed by atoms with Gasteiger partial charge in [0.1, 0.15) is 23.8 Å². The lowest BCUT2D eigenvalue weighted by Gasteiger charge is -2.03. The second-order valence-corrected chi connectivity index (χ2v) is 3.58. The number of H-pyrrole nitrogens is 1. The minimum absolute atomic E-state index is 0.0543. The van der Waals surface area contributed by atoms with Gasteiger partial charge in [0.05, 0.1) is 0 Å². The van der Waals surface area contributed by atoms with Crippen molar-refractivity contribution >= 4 is 17.0 Å². The first-order valence-electron chi connectivity index (χ1n) is 4.92. The van der Waals surface area contributed by atoms with Gasteiger partial charge in [-0.25, -0.2) is 15.0 Å². The highest BCUT2D eigenvalue weighted by Gasteiger charge is 2.21. The molecule has 1 aliphatic rings. The van der Waals surface area contributed by atoms with Crippen LogP contribution in [0.15, 0.2) is 6.33 Å². The molecule has 2 aromatic heterocycles. The molecule has 15 heavy (non-hydrogen) atoms. The van der Waals surface area contributed by atoms with Gasteiger partial charge >= 0.3 is 0 Å². The van der Waals surface area contributed by atoms with Gasteiger partial charge in [0, 0.05) is 6.61 Å². The summed E-state index contributed by atoms with van der Waals surface area (Å²) >= 11 is 0. The fraction of sp³-hybridized carbons (Fsp3) is 0.444. The molecule has 0 saturated carbocycles. The van der Waals surface area contributed by atoms with Crippen LogP contribution in [0.25, 0.3) is 11.2 Å². The lowest BCUT2D eigenvalue weighted by Crippen LogP contribution is -1.97. The predicted octanol–water partition coefficient (Wildman–Crippen LogP) is 0.787. The van der Waals surface area contributed by atoms with Crippen molar-refractivity contribution < 1.29 is 4.74 Å². The number of aromatic amines is 1. The summed E-state index contributed by atoms with van der Waals surface area (Å²) in [5.41, 5.74) is 7.01. The first kappa shape index (κ1) is 8.60. The van der Waals surface area contributed by atoms with Gasteiger partial charge in [-0.15, -0.1) is 0 Å². The number of nitrogen functional groups attached to an aromatic ring is 1. The number of rotatable bonds is 1. The van der Waals surface area contributed by atoms with Crippen molar-refractivity contribution in [1.29, 1.82) is 0 Å². The fourth-order valence-corrected chi connectivity index (χ4v) is 1.81. The molecule has 2 aromatic rings. The molecule has 1 fully saturated rings. The number of nitrogens with two attached hydrogens (primary N) is 1. The van der Waals surface area contributed by atoms with E-state index in [4.69, 9.17) is 10.5 Å². The van der Waals surface area contributed by atoms with Gasteiger partial charge in [-0.2, -0.15) is 0 Å². The van der Waals surface area contributed by atoms with Gasteiger partial charge in [0.2, 0.25) is 0 Å². The Kier molecular flexibility index (Phi) is 1.81. The molecule has 6 heteroatoms. The number of hydrogen-bond acceptors (Lipinski definition) is 5. The highest BCUT2D eigenvalue weighted by molar-refractivity contribution is 5.81. The van der Waals surface area contributed by atoms with E-state index in [1.54, 1.807) is 0 Å². The van der Waals surface area contributed by atoms with Crippen LogP contribution in [0.1, 0.15) is 24.8 Å². The van der Waals surface area contributed by atoms with Gasteiger partial charge in [0.25, 0.3) is 0 Å². The van der Waals surface area contributed by atoms with Crippen LogP contribution >= 0.6 is 0 Å². The number of hydrogen-bond donors (Lipinski definition) is 2. The maximum atomic E-state index is 5.71. The minimum Gasteiger partial charge on any atom is -0.382 e. The number of nitrogens with one attached hydrogen (secondary N) is 1. The van der Waals surface area contributed by atoms with Crippen LogP contribution in [0, 0.1) is 0 Å². The molecule has 1 atom stereocenters. The third-order valence-corrected chi connectivity index (χ3v) is 2.57. The maximum absolute atomic E-state index is 5.71. The molecule has 3 N–H and O–H groups in total. The molecule has 0 aromatic carbocycles. The molecule has 6 nitrogen and oxygen atoms in total. The van der Waals surface area contributed by atoms with Crippen LogP contribution in [-0.4, -0.2) is 26.5 Å². The van der Waals surface area contributed by atoms with E-state index in [0.717, 1.165) is 25.3 Å². The highest BCUT2D eigenvalue weighted by atomic mass is 16.5. The highest BCUT2D eigenvalue weighted by Crippen LogP contribution is 2.28. The fourth-order valence-electron chi connectivity index (χ4n) is 1.81. The van der Waals surface area contributed by atoms with E-state index in [-0.39, 0.29) is 6.10 Å². The Hall–Kier alpha value is -1.69. The molecule has 0 spiro atoms. The van der Waals surface area contributed by atoms with Gasteiger partial charge in [-0.3, -0.25) is 0 Å². The van der Waals surface area contributed by atoms with Crippen molar-refractivity contribution in [1.82, 2.24) is 19.9 Å². The summed E-state index contributed by atoms with van der Waals surface area (Å²) in [6.45, 7) is 0.795. The van der Waals surface area contributed by atoms with Crippen molar-refractivity contribution in [2.45, 2.75) is 18.9 Å². The van der Waals surface area contributed by atoms with E-state index in [1.807, 2.05) is 0 Å². The zero-order valence-corrected chi connectivity index (χ0v) is 8.10. The molecule has 1 saturated heterocycles. The summed E-state index contributed by atoms with van der Waals surface area (Å²) in [4.78, 5) is 15.4. The molecule has 3 heterocycles. The Morgan fingerprint density at radius 1 is 1.47 bits per heavy atom. The summed E-state index contributed by atoms with van der Waals surface area (Å²) in [6.07, 6.45) is 3.53. The molecule has 1 unspecified atom stereocenters. The van der Waals surface area contributed by atoms with E-state index in [0.29, 0.717) is 17.0 Å². The van der Waals surface area contributed by atoms with Crippen molar-refractivity contribution in [2.24, 2.45) is 0 Å². The molecule has 1 aliphatic heterocycles. The Morgan fingerprint density at radius 3 is 3.13 bits per heavy atom. The van der Waals surface area contributed by atoms with Crippen LogP contribution in [0.2, 0.25) is 0 Å². The summed E-state index contributed by atoms with van der Waals surface area (Å²) in [6, 6.07) is 0. The summed E-state index contributed by atoms with van der Waals surface area (Å²) in [5.74, 6) is 1.23. The van der Waals surface area contributed by atoms with Crippen molar-refractivity contribution in [3.63, 3.8) is 0 Å². The molecule has 0 bridgehead atoms. The normalized spacial score (nSPS) is 21.2. The quantitative estimate of drug-likeness (QED) is 0.718. The second-order valence-electron chi connectivity index (χ2n) is 3.58. The summed E-state index contributed by atoms with van der Waals surface area (Å²) in [7, 11) is 0. The van der Waals surface area contributed by atoms with E-state index < -0.39 is 0 Å². The molecule has 78 valence electrons. The monoisotopic (exact) mass is 205 g/mol. The number of aromatic nitrogens is 4. The molecule has 0 radical (unpaired) electrons. The standard InChI is InChI=1S/C9H11N5O/c10-7-6-9(12-4-11-7)14-8(13-6)5-2-1-3-15-5/h4-5H,1-3H2,(H3,10,11,12,13,14). The number of fused-ring (bicyclic) bond motifs is 1. The largest absolute Gasteiger partial charge is 0.382 e. The van der Waals surface area contributed by atoms with Crippen LogP contribution in [0.5, 0.6) is 0 Å². The average molecular weight is 205 g/mol. The van der Waals surface area contributed by atoms with Crippen LogP contribution in [0.3, 0.4) is 0 Å².